The fraction of sp³-hybridized carbons (Fsp3) is 0.235. The van der Waals surface area contributed by atoms with E-state index >= 15 is 0 Å². The van der Waals surface area contributed by atoms with Gasteiger partial charge in [-0.25, -0.2) is 0 Å². The van der Waals surface area contributed by atoms with E-state index in [0.717, 1.165) is 5.56 Å². The molecule has 6 heteroatoms. The van der Waals surface area contributed by atoms with Crippen molar-refractivity contribution in [2.24, 2.45) is 0 Å². The molecule has 0 aliphatic rings. The first-order valence-corrected chi connectivity index (χ1v) is 8.02. The standard InChI is InChI=1S/C17H17NO4S/c1-11(19)14-4-3-5-15(9-14)18-17(21)12(2)22-16(20)8-13-6-7-23-10-13/h3-7,9-10,12H,8H2,1-2H3,(H,18,21)/t12-/m0/s1. The number of amides is 1. The lowest BCUT2D eigenvalue weighted by Gasteiger charge is -2.13. The van der Waals surface area contributed by atoms with Crippen LogP contribution in [-0.4, -0.2) is 23.8 Å². The van der Waals surface area contributed by atoms with Crippen LogP contribution >= 0.6 is 11.3 Å². The molecule has 1 atom stereocenters. The zero-order chi connectivity index (χ0) is 16.8. The third-order valence-electron chi connectivity index (χ3n) is 3.14. The highest BCUT2D eigenvalue weighted by atomic mass is 32.1. The third-order valence-corrected chi connectivity index (χ3v) is 3.87. The molecule has 0 saturated heterocycles. The largest absolute Gasteiger partial charge is 0.452 e. The third kappa shape index (κ3) is 5.03. The molecule has 0 saturated carbocycles. The van der Waals surface area contributed by atoms with Gasteiger partial charge in [0.2, 0.25) is 0 Å². The van der Waals surface area contributed by atoms with Crippen LogP contribution < -0.4 is 5.32 Å². The van der Waals surface area contributed by atoms with Crippen molar-refractivity contribution in [3.63, 3.8) is 0 Å². The van der Waals surface area contributed by atoms with Gasteiger partial charge in [-0.15, -0.1) is 0 Å². The SMILES string of the molecule is CC(=O)c1cccc(NC(=O)[C@H](C)OC(=O)Cc2ccsc2)c1. The number of esters is 1. The van der Waals surface area contributed by atoms with Crippen LogP contribution in [0.2, 0.25) is 0 Å². The lowest BCUT2D eigenvalue weighted by molar-refractivity contribution is -0.152. The van der Waals surface area contributed by atoms with Crippen molar-refractivity contribution in [3.8, 4) is 0 Å². The molecule has 0 aliphatic heterocycles. The molecule has 120 valence electrons. The number of carbonyl (C=O) groups excluding carboxylic acids is 3. The van der Waals surface area contributed by atoms with E-state index in [9.17, 15) is 14.4 Å². The maximum absolute atomic E-state index is 12.1. The first kappa shape index (κ1) is 16.9. The minimum Gasteiger partial charge on any atom is -0.452 e. The minimum atomic E-state index is -0.915. The van der Waals surface area contributed by atoms with Crippen molar-refractivity contribution in [2.75, 3.05) is 5.32 Å². The van der Waals surface area contributed by atoms with Crippen LogP contribution in [0.25, 0.3) is 0 Å². The molecule has 5 nitrogen and oxygen atoms in total. The smallest absolute Gasteiger partial charge is 0.311 e. The number of carbonyl (C=O) groups is 3. The summed E-state index contributed by atoms with van der Waals surface area (Å²) in [7, 11) is 0. The van der Waals surface area contributed by atoms with Gasteiger partial charge >= 0.3 is 5.97 Å². The van der Waals surface area contributed by atoms with Crippen LogP contribution in [0.5, 0.6) is 0 Å². The molecule has 1 aromatic carbocycles. The molecule has 1 N–H and O–H groups in total. The van der Waals surface area contributed by atoms with Gasteiger partial charge in [0.15, 0.2) is 11.9 Å². The number of hydrogen-bond donors (Lipinski definition) is 1. The van der Waals surface area contributed by atoms with Gasteiger partial charge in [-0.2, -0.15) is 11.3 Å². The molecular weight excluding hydrogens is 314 g/mol. The second kappa shape index (κ2) is 7.69. The van der Waals surface area contributed by atoms with Crippen LogP contribution in [-0.2, 0) is 20.7 Å². The summed E-state index contributed by atoms with van der Waals surface area (Å²) in [4.78, 5) is 35.2. The number of Topliss-reactive ketones (excluding diaryl/α,β-unsaturated/α-hetero) is 1. The Labute approximate surface area is 138 Å². The van der Waals surface area contributed by atoms with Crippen LogP contribution in [0.15, 0.2) is 41.1 Å². The molecule has 2 rings (SSSR count). The van der Waals surface area contributed by atoms with Crippen molar-refractivity contribution in [1.82, 2.24) is 0 Å². The van der Waals surface area contributed by atoms with Crippen molar-refractivity contribution < 1.29 is 19.1 Å². The highest BCUT2D eigenvalue weighted by molar-refractivity contribution is 7.07. The lowest BCUT2D eigenvalue weighted by Crippen LogP contribution is -2.30. The fourth-order valence-electron chi connectivity index (χ4n) is 1.91. The van der Waals surface area contributed by atoms with Crippen LogP contribution in [0.1, 0.15) is 29.8 Å². The topological polar surface area (TPSA) is 72.5 Å². The molecule has 0 spiro atoms. The summed E-state index contributed by atoms with van der Waals surface area (Å²) in [6, 6.07) is 8.44. The Morgan fingerprint density at radius 1 is 1.26 bits per heavy atom. The minimum absolute atomic E-state index is 0.0867. The van der Waals surface area contributed by atoms with E-state index in [4.69, 9.17) is 4.74 Å². The summed E-state index contributed by atoms with van der Waals surface area (Å²) in [5.41, 5.74) is 1.86. The summed E-state index contributed by atoms with van der Waals surface area (Å²) in [6.45, 7) is 2.96. The number of thiophene rings is 1. The Morgan fingerprint density at radius 3 is 2.70 bits per heavy atom. The van der Waals surface area contributed by atoms with E-state index < -0.39 is 18.0 Å². The van der Waals surface area contributed by atoms with Crippen molar-refractivity contribution >= 4 is 34.7 Å². The fourth-order valence-corrected chi connectivity index (χ4v) is 2.58. The van der Waals surface area contributed by atoms with Gasteiger partial charge in [-0.1, -0.05) is 12.1 Å². The van der Waals surface area contributed by atoms with Crippen molar-refractivity contribution in [3.05, 3.63) is 52.2 Å². The lowest BCUT2D eigenvalue weighted by atomic mass is 10.1. The van der Waals surface area contributed by atoms with Crippen LogP contribution in [0, 0.1) is 0 Å². The molecule has 1 aromatic heterocycles. The average Bonchev–Trinajstić information content (AvgIpc) is 3.00. The van der Waals surface area contributed by atoms with Crippen LogP contribution in [0.4, 0.5) is 5.69 Å². The first-order valence-electron chi connectivity index (χ1n) is 7.08. The Kier molecular flexibility index (Phi) is 5.65. The van der Waals surface area contributed by atoms with E-state index in [1.807, 2.05) is 16.8 Å². The van der Waals surface area contributed by atoms with E-state index in [0.29, 0.717) is 11.3 Å². The van der Waals surface area contributed by atoms with E-state index in [1.165, 1.54) is 25.2 Å². The zero-order valence-electron chi connectivity index (χ0n) is 12.9. The summed E-state index contributed by atoms with van der Waals surface area (Å²) in [5, 5.41) is 6.37. The number of rotatable bonds is 6. The second-order valence-corrected chi connectivity index (χ2v) is 5.85. The quantitative estimate of drug-likeness (QED) is 0.652. The number of nitrogens with one attached hydrogen (secondary N) is 1. The highest BCUT2D eigenvalue weighted by Crippen LogP contribution is 2.13. The summed E-state index contributed by atoms with van der Waals surface area (Å²) in [6.07, 6.45) is -0.775. The average molecular weight is 331 g/mol. The van der Waals surface area contributed by atoms with Gasteiger partial charge in [0.25, 0.3) is 5.91 Å². The molecule has 0 radical (unpaired) electrons. The summed E-state index contributed by atoms with van der Waals surface area (Å²) < 4.78 is 5.12. The van der Waals surface area contributed by atoms with Gasteiger partial charge < -0.3 is 10.1 Å². The number of ether oxygens (including phenoxy) is 1. The van der Waals surface area contributed by atoms with Crippen LogP contribution in [0.3, 0.4) is 0 Å². The predicted octanol–water partition coefficient (Wildman–Crippen LogP) is 3.06. The summed E-state index contributed by atoms with van der Waals surface area (Å²) in [5.74, 6) is -0.982. The molecule has 1 heterocycles. The number of anilines is 1. The van der Waals surface area contributed by atoms with E-state index in [1.54, 1.807) is 24.3 Å². The molecule has 1 amide bonds. The summed E-state index contributed by atoms with van der Waals surface area (Å²) >= 11 is 1.50. The molecule has 23 heavy (non-hydrogen) atoms. The van der Waals surface area contributed by atoms with Gasteiger partial charge in [-0.05, 0) is 48.4 Å². The number of hydrogen-bond acceptors (Lipinski definition) is 5. The predicted molar refractivity (Wildman–Crippen MR) is 88.7 cm³/mol. The van der Waals surface area contributed by atoms with Gasteiger partial charge in [0, 0.05) is 11.3 Å². The van der Waals surface area contributed by atoms with Gasteiger partial charge in [0.1, 0.15) is 0 Å². The molecular formula is C17H17NO4S. The van der Waals surface area contributed by atoms with Gasteiger partial charge in [0.05, 0.1) is 6.42 Å². The Balaban J connectivity index is 1.90. The Bertz CT molecular complexity index is 709. The maximum atomic E-state index is 12.1. The molecule has 2 aromatic rings. The van der Waals surface area contributed by atoms with E-state index in [-0.39, 0.29) is 12.2 Å². The first-order chi connectivity index (χ1) is 11.0. The van der Waals surface area contributed by atoms with Crippen molar-refractivity contribution in [2.45, 2.75) is 26.4 Å². The molecule has 0 aliphatic carbocycles. The number of ketones is 1. The Hall–Kier alpha value is -2.47. The maximum Gasteiger partial charge on any atom is 0.311 e. The molecule has 0 unspecified atom stereocenters. The monoisotopic (exact) mass is 331 g/mol. The molecule has 0 fully saturated rings. The van der Waals surface area contributed by atoms with Crippen molar-refractivity contribution in [1.29, 1.82) is 0 Å². The normalized spacial score (nSPS) is 11.6. The van der Waals surface area contributed by atoms with Gasteiger partial charge in [-0.3, -0.25) is 14.4 Å². The highest BCUT2D eigenvalue weighted by Gasteiger charge is 2.18. The zero-order valence-corrected chi connectivity index (χ0v) is 13.7. The Morgan fingerprint density at radius 2 is 2.04 bits per heavy atom. The second-order valence-electron chi connectivity index (χ2n) is 5.07. The molecule has 0 bridgehead atoms. The van der Waals surface area contributed by atoms with E-state index in [2.05, 4.69) is 5.32 Å². The number of benzene rings is 1.